The molecule has 0 unspecified atom stereocenters. The average molecular weight is 353 g/mol. The van der Waals surface area contributed by atoms with Gasteiger partial charge in [0.05, 0.1) is 17.6 Å². The smallest absolute Gasteiger partial charge is 0.115 e. The summed E-state index contributed by atoms with van der Waals surface area (Å²) in [5.74, 6) is 0.263. The molecular formula is C23H19N3O. The molecule has 0 saturated heterocycles. The van der Waals surface area contributed by atoms with Crippen LogP contribution in [0, 0.1) is 0 Å². The van der Waals surface area contributed by atoms with Crippen LogP contribution in [0.15, 0.2) is 79.0 Å². The minimum atomic E-state index is 0.263. The largest absolute Gasteiger partial charge is 0.508 e. The zero-order valence-electron chi connectivity index (χ0n) is 15.0. The zero-order chi connectivity index (χ0) is 18.4. The minimum Gasteiger partial charge on any atom is -0.508 e. The van der Waals surface area contributed by atoms with Crippen LogP contribution >= 0.6 is 0 Å². The van der Waals surface area contributed by atoms with E-state index >= 15 is 0 Å². The number of nitrogens with zero attached hydrogens (tertiary/aromatic N) is 3. The molecule has 0 aliphatic carbocycles. The highest BCUT2D eigenvalue weighted by Crippen LogP contribution is 2.32. The van der Waals surface area contributed by atoms with E-state index in [1.54, 1.807) is 12.1 Å². The SMILES string of the molecule is CCn1c2ccccc2c2cc(-n3nccc3-c3ccc(O)cc3)ccc21. The molecule has 2 heterocycles. The zero-order valence-corrected chi connectivity index (χ0v) is 15.0. The summed E-state index contributed by atoms with van der Waals surface area (Å²) in [5, 5.41) is 16.6. The van der Waals surface area contributed by atoms with Gasteiger partial charge in [-0.15, -0.1) is 0 Å². The lowest BCUT2D eigenvalue weighted by molar-refractivity contribution is 0.475. The Hall–Kier alpha value is -3.53. The van der Waals surface area contributed by atoms with Gasteiger partial charge in [-0.3, -0.25) is 0 Å². The summed E-state index contributed by atoms with van der Waals surface area (Å²) >= 11 is 0. The first kappa shape index (κ1) is 15.7. The van der Waals surface area contributed by atoms with Crippen molar-refractivity contribution in [2.24, 2.45) is 0 Å². The number of hydrogen-bond acceptors (Lipinski definition) is 2. The van der Waals surface area contributed by atoms with Gasteiger partial charge in [-0.1, -0.05) is 18.2 Å². The van der Waals surface area contributed by atoms with Gasteiger partial charge in [0, 0.05) is 33.9 Å². The highest BCUT2D eigenvalue weighted by Gasteiger charge is 2.12. The van der Waals surface area contributed by atoms with Gasteiger partial charge in [-0.25, -0.2) is 4.68 Å². The molecule has 2 aromatic heterocycles. The molecule has 0 radical (unpaired) electrons. The highest BCUT2D eigenvalue weighted by molar-refractivity contribution is 6.08. The number of rotatable bonds is 3. The molecule has 3 aromatic carbocycles. The molecule has 27 heavy (non-hydrogen) atoms. The van der Waals surface area contributed by atoms with Crippen LogP contribution < -0.4 is 0 Å². The molecule has 4 nitrogen and oxygen atoms in total. The van der Waals surface area contributed by atoms with Gasteiger partial charge < -0.3 is 9.67 Å². The lowest BCUT2D eigenvalue weighted by atomic mass is 10.1. The molecule has 0 atom stereocenters. The Balaban J connectivity index is 1.72. The third-order valence-corrected chi connectivity index (χ3v) is 5.12. The third-order valence-electron chi connectivity index (χ3n) is 5.12. The number of aromatic nitrogens is 3. The molecule has 0 aliphatic rings. The van der Waals surface area contributed by atoms with Crippen molar-refractivity contribution in [3.63, 3.8) is 0 Å². The fourth-order valence-electron chi connectivity index (χ4n) is 3.87. The van der Waals surface area contributed by atoms with E-state index in [0.29, 0.717) is 0 Å². The van der Waals surface area contributed by atoms with E-state index < -0.39 is 0 Å². The lowest BCUT2D eigenvalue weighted by Crippen LogP contribution is -1.99. The van der Waals surface area contributed by atoms with Gasteiger partial charge in [0.25, 0.3) is 0 Å². The molecule has 0 spiro atoms. The average Bonchev–Trinajstić information content (AvgIpc) is 3.31. The fraction of sp³-hybridized carbons (Fsp3) is 0.0870. The van der Waals surface area contributed by atoms with Crippen LogP contribution in [0.4, 0.5) is 0 Å². The summed E-state index contributed by atoms with van der Waals surface area (Å²) in [4.78, 5) is 0. The third kappa shape index (κ3) is 2.41. The second-order valence-corrected chi connectivity index (χ2v) is 6.64. The van der Waals surface area contributed by atoms with Crippen molar-refractivity contribution in [1.29, 1.82) is 0 Å². The van der Waals surface area contributed by atoms with E-state index in [1.165, 1.54) is 21.8 Å². The monoisotopic (exact) mass is 353 g/mol. The van der Waals surface area contributed by atoms with Crippen molar-refractivity contribution in [1.82, 2.24) is 14.3 Å². The Bertz CT molecular complexity index is 1260. The van der Waals surface area contributed by atoms with Crippen LogP contribution in [-0.4, -0.2) is 19.5 Å². The van der Waals surface area contributed by atoms with Gasteiger partial charge in [-0.2, -0.15) is 5.10 Å². The Morgan fingerprint density at radius 2 is 1.63 bits per heavy atom. The van der Waals surface area contributed by atoms with E-state index in [9.17, 15) is 5.11 Å². The normalized spacial score (nSPS) is 11.4. The van der Waals surface area contributed by atoms with Crippen molar-refractivity contribution in [3.8, 4) is 22.7 Å². The van der Waals surface area contributed by atoms with Gasteiger partial charge in [0.15, 0.2) is 0 Å². The van der Waals surface area contributed by atoms with Crippen LogP contribution in [0.2, 0.25) is 0 Å². The Kier molecular flexibility index (Phi) is 3.50. The number of fused-ring (bicyclic) bond motifs is 3. The van der Waals surface area contributed by atoms with Crippen molar-refractivity contribution in [3.05, 3.63) is 79.0 Å². The van der Waals surface area contributed by atoms with Crippen molar-refractivity contribution in [2.75, 3.05) is 0 Å². The van der Waals surface area contributed by atoms with E-state index in [4.69, 9.17) is 0 Å². The molecule has 1 N–H and O–H groups in total. The quantitative estimate of drug-likeness (QED) is 0.474. The minimum absolute atomic E-state index is 0.263. The molecule has 4 heteroatoms. The van der Waals surface area contributed by atoms with Crippen molar-refractivity contribution < 1.29 is 5.11 Å². The number of hydrogen-bond donors (Lipinski definition) is 1. The molecular weight excluding hydrogens is 334 g/mol. The maximum atomic E-state index is 9.56. The molecule has 5 rings (SSSR count). The second-order valence-electron chi connectivity index (χ2n) is 6.64. The van der Waals surface area contributed by atoms with E-state index in [-0.39, 0.29) is 5.75 Å². The van der Waals surface area contributed by atoms with Crippen LogP contribution in [0.3, 0.4) is 0 Å². The number of benzene rings is 3. The summed E-state index contributed by atoms with van der Waals surface area (Å²) in [5.41, 5.74) is 5.52. The van der Waals surface area contributed by atoms with E-state index in [0.717, 1.165) is 23.5 Å². The molecule has 5 aromatic rings. The van der Waals surface area contributed by atoms with Gasteiger partial charge in [-0.05, 0) is 61.5 Å². The summed E-state index contributed by atoms with van der Waals surface area (Å²) < 4.78 is 4.29. The van der Waals surface area contributed by atoms with Crippen molar-refractivity contribution >= 4 is 21.8 Å². The van der Waals surface area contributed by atoms with Gasteiger partial charge in [0.2, 0.25) is 0 Å². The molecule has 132 valence electrons. The second kappa shape index (κ2) is 6.02. The number of aryl methyl sites for hydroxylation is 1. The van der Waals surface area contributed by atoms with Crippen LogP contribution in [0.25, 0.3) is 38.8 Å². The molecule has 0 saturated carbocycles. The summed E-state index contributed by atoms with van der Waals surface area (Å²) in [7, 11) is 0. The van der Waals surface area contributed by atoms with E-state index in [1.807, 2.05) is 29.1 Å². The maximum absolute atomic E-state index is 9.56. The fourth-order valence-corrected chi connectivity index (χ4v) is 3.87. The predicted molar refractivity (Wildman–Crippen MR) is 109 cm³/mol. The summed E-state index contributed by atoms with van der Waals surface area (Å²) in [6.45, 7) is 3.11. The number of para-hydroxylation sites is 1. The van der Waals surface area contributed by atoms with Gasteiger partial charge >= 0.3 is 0 Å². The summed E-state index contributed by atoms with van der Waals surface area (Å²) in [6.07, 6.45) is 1.81. The molecule has 0 bridgehead atoms. The first-order chi connectivity index (χ1) is 13.3. The molecule has 0 amide bonds. The van der Waals surface area contributed by atoms with Crippen LogP contribution in [-0.2, 0) is 6.54 Å². The first-order valence-electron chi connectivity index (χ1n) is 9.11. The first-order valence-corrected chi connectivity index (χ1v) is 9.11. The highest BCUT2D eigenvalue weighted by atomic mass is 16.3. The molecule has 0 aliphatic heterocycles. The van der Waals surface area contributed by atoms with Crippen molar-refractivity contribution in [2.45, 2.75) is 13.5 Å². The van der Waals surface area contributed by atoms with Gasteiger partial charge in [0.1, 0.15) is 5.75 Å². The van der Waals surface area contributed by atoms with Crippen LogP contribution in [0.5, 0.6) is 5.75 Å². The Labute approximate surface area is 156 Å². The number of phenols is 1. The maximum Gasteiger partial charge on any atom is 0.115 e. The lowest BCUT2D eigenvalue weighted by Gasteiger charge is -2.09. The standard InChI is InChI=1S/C23H19N3O/c1-2-25-22-6-4-3-5-19(22)20-15-17(9-12-23(20)25)26-21(13-14-24-26)16-7-10-18(27)11-8-16/h3-15,27H,2H2,1H3. The summed E-state index contributed by atoms with van der Waals surface area (Å²) in [6, 6.07) is 24.2. The van der Waals surface area contributed by atoms with Crippen LogP contribution in [0.1, 0.15) is 6.92 Å². The molecule has 0 fully saturated rings. The topological polar surface area (TPSA) is 43.0 Å². The van der Waals surface area contributed by atoms with E-state index in [2.05, 4.69) is 59.1 Å². The number of phenolic OH excluding ortho intramolecular Hbond substituents is 1. The predicted octanol–water partition coefficient (Wildman–Crippen LogP) is 5.37. The Morgan fingerprint density at radius 1 is 0.852 bits per heavy atom. The Morgan fingerprint density at radius 3 is 2.44 bits per heavy atom. The number of aromatic hydroxyl groups is 1.